The quantitative estimate of drug-likeness (QED) is 0.546. The number of hydrogen-bond acceptors (Lipinski definition) is 8. The van der Waals surface area contributed by atoms with Crippen molar-refractivity contribution in [3.63, 3.8) is 0 Å². The second-order valence-corrected chi connectivity index (χ2v) is 6.65. The molecule has 8 nitrogen and oxygen atoms in total. The first kappa shape index (κ1) is 17.1. The van der Waals surface area contributed by atoms with Crippen molar-refractivity contribution in [3.8, 4) is 17.1 Å². The summed E-state index contributed by atoms with van der Waals surface area (Å²) in [6.07, 6.45) is 3.88. The highest BCUT2D eigenvalue weighted by atomic mass is 32.1. The average molecular weight is 381 g/mol. The molecule has 0 aliphatic rings. The molecule has 0 atom stereocenters. The van der Waals surface area contributed by atoms with Gasteiger partial charge in [-0.1, -0.05) is 22.6 Å². The molecule has 0 aliphatic carbocycles. The Hall–Kier alpha value is -3.33. The van der Waals surface area contributed by atoms with Crippen molar-refractivity contribution in [2.45, 2.75) is 12.8 Å². The highest BCUT2D eigenvalue weighted by Crippen LogP contribution is 2.32. The van der Waals surface area contributed by atoms with E-state index in [-0.39, 0.29) is 12.3 Å². The normalized spacial score (nSPS) is 10.9. The number of aromatic nitrogens is 4. The number of nitrogens with zero attached hydrogens (tertiary/aromatic N) is 4. The maximum absolute atomic E-state index is 12.2. The van der Waals surface area contributed by atoms with Gasteiger partial charge in [-0.3, -0.25) is 9.78 Å². The highest BCUT2D eigenvalue weighted by molar-refractivity contribution is 7.22. The molecule has 0 bridgehead atoms. The fourth-order valence-electron chi connectivity index (χ4n) is 2.52. The van der Waals surface area contributed by atoms with Crippen molar-refractivity contribution in [1.29, 1.82) is 0 Å². The number of carbonyl (C=O) groups excluding carboxylic acids is 1. The first-order valence-electron chi connectivity index (χ1n) is 8.19. The Kier molecular flexibility index (Phi) is 4.75. The summed E-state index contributed by atoms with van der Waals surface area (Å²) in [5.74, 6) is 1.39. The van der Waals surface area contributed by atoms with Crippen LogP contribution in [0.5, 0.6) is 5.75 Å². The standard InChI is InChI=1S/C18H15N5O3S/c1-25-12-3-2-4-13-16(12)22-18(27-13)20-14(24)5-6-15-21-17(23-26-15)11-7-9-19-10-8-11/h2-4,7-10H,5-6H2,1H3,(H,20,22,24). The zero-order valence-corrected chi connectivity index (χ0v) is 15.2. The van der Waals surface area contributed by atoms with Gasteiger partial charge < -0.3 is 14.6 Å². The lowest BCUT2D eigenvalue weighted by atomic mass is 10.2. The van der Waals surface area contributed by atoms with E-state index in [1.54, 1.807) is 31.6 Å². The molecule has 0 spiro atoms. The van der Waals surface area contributed by atoms with Crippen molar-refractivity contribution in [3.05, 3.63) is 48.6 Å². The molecule has 0 saturated carbocycles. The monoisotopic (exact) mass is 381 g/mol. The smallest absolute Gasteiger partial charge is 0.227 e. The Morgan fingerprint density at radius 3 is 2.89 bits per heavy atom. The first-order valence-corrected chi connectivity index (χ1v) is 9.01. The van der Waals surface area contributed by atoms with Gasteiger partial charge in [-0.15, -0.1) is 0 Å². The van der Waals surface area contributed by atoms with E-state index < -0.39 is 0 Å². The van der Waals surface area contributed by atoms with Gasteiger partial charge in [0.2, 0.25) is 17.6 Å². The van der Waals surface area contributed by atoms with Crippen LogP contribution in [-0.2, 0) is 11.2 Å². The zero-order valence-electron chi connectivity index (χ0n) is 14.4. The molecule has 9 heteroatoms. The molecular weight excluding hydrogens is 366 g/mol. The van der Waals surface area contributed by atoms with Crippen LogP contribution in [0.4, 0.5) is 5.13 Å². The topological polar surface area (TPSA) is 103 Å². The van der Waals surface area contributed by atoms with E-state index in [0.29, 0.717) is 29.0 Å². The Bertz CT molecular complexity index is 1080. The molecule has 4 rings (SSSR count). The number of hydrogen-bond donors (Lipinski definition) is 1. The van der Waals surface area contributed by atoms with Crippen molar-refractivity contribution in [2.24, 2.45) is 0 Å². The van der Waals surface area contributed by atoms with Crippen LogP contribution in [0.25, 0.3) is 21.6 Å². The number of ether oxygens (including phenoxy) is 1. The van der Waals surface area contributed by atoms with Crippen molar-refractivity contribution < 1.29 is 14.1 Å². The van der Waals surface area contributed by atoms with E-state index in [1.165, 1.54) is 11.3 Å². The van der Waals surface area contributed by atoms with Crippen LogP contribution in [0.2, 0.25) is 0 Å². The molecule has 0 radical (unpaired) electrons. The van der Waals surface area contributed by atoms with Crippen LogP contribution < -0.4 is 10.1 Å². The average Bonchev–Trinajstić information content (AvgIpc) is 3.33. The van der Waals surface area contributed by atoms with Crippen LogP contribution in [0, 0.1) is 0 Å². The van der Waals surface area contributed by atoms with E-state index in [2.05, 4.69) is 25.4 Å². The molecular formula is C18H15N5O3S. The molecule has 0 unspecified atom stereocenters. The Morgan fingerprint density at radius 2 is 2.07 bits per heavy atom. The minimum Gasteiger partial charge on any atom is -0.494 e. The number of carbonyl (C=O) groups is 1. The van der Waals surface area contributed by atoms with Crippen LogP contribution in [0.15, 0.2) is 47.2 Å². The lowest BCUT2D eigenvalue weighted by molar-refractivity contribution is -0.116. The van der Waals surface area contributed by atoms with Gasteiger partial charge in [-0.25, -0.2) is 4.98 Å². The third-order valence-electron chi connectivity index (χ3n) is 3.82. The van der Waals surface area contributed by atoms with E-state index in [0.717, 1.165) is 15.8 Å². The number of amides is 1. The summed E-state index contributed by atoms with van der Waals surface area (Å²) in [6.45, 7) is 0. The number of fused-ring (bicyclic) bond motifs is 1. The molecule has 3 aromatic heterocycles. The van der Waals surface area contributed by atoms with Gasteiger partial charge in [0.1, 0.15) is 11.3 Å². The molecule has 1 aromatic carbocycles. The third kappa shape index (κ3) is 3.77. The van der Waals surface area contributed by atoms with Crippen LogP contribution in [0.3, 0.4) is 0 Å². The zero-order chi connectivity index (χ0) is 18.6. The molecule has 3 heterocycles. The van der Waals surface area contributed by atoms with Gasteiger partial charge in [0.05, 0.1) is 11.8 Å². The molecule has 136 valence electrons. The predicted octanol–water partition coefficient (Wildman–Crippen LogP) is 3.32. The summed E-state index contributed by atoms with van der Waals surface area (Å²) in [5, 5.41) is 7.26. The summed E-state index contributed by atoms with van der Waals surface area (Å²) in [7, 11) is 1.59. The molecule has 1 N–H and O–H groups in total. The fraction of sp³-hybridized carbons (Fsp3) is 0.167. The first-order chi connectivity index (χ1) is 13.2. The summed E-state index contributed by atoms with van der Waals surface area (Å²) >= 11 is 1.40. The van der Waals surface area contributed by atoms with Crippen molar-refractivity contribution in [2.75, 3.05) is 12.4 Å². The molecule has 0 aliphatic heterocycles. The number of rotatable bonds is 6. The van der Waals surface area contributed by atoms with E-state index in [4.69, 9.17) is 9.26 Å². The van der Waals surface area contributed by atoms with Crippen LogP contribution in [-0.4, -0.2) is 33.1 Å². The number of anilines is 1. The summed E-state index contributed by atoms with van der Waals surface area (Å²) in [5.41, 5.74) is 1.55. The number of benzene rings is 1. The third-order valence-corrected chi connectivity index (χ3v) is 4.76. The number of pyridine rings is 1. The Balaban J connectivity index is 1.38. The minimum atomic E-state index is -0.170. The van der Waals surface area contributed by atoms with E-state index in [1.807, 2.05) is 18.2 Å². The fourth-order valence-corrected chi connectivity index (χ4v) is 3.42. The van der Waals surface area contributed by atoms with Gasteiger partial charge in [-0.05, 0) is 24.3 Å². The van der Waals surface area contributed by atoms with Gasteiger partial charge >= 0.3 is 0 Å². The number of aryl methyl sites for hydroxylation is 1. The molecule has 4 aromatic rings. The Morgan fingerprint density at radius 1 is 1.22 bits per heavy atom. The summed E-state index contributed by atoms with van der Waals surface area (Å²) in [6, 6.07) is 9.25. The molecule has 1 amide bonds. The molecule has 0 saturated heterocycles. The van der Waals surface area contributed by atoms with Gasteiger partial charge in [0.15, 0.2) is 5.13 Å². The number of para-hydroxylation sites is 1. The number of nitrogens with one attached hydrogen (secondary N) is 1. The van der Waals surface area contributed by atoms with Gasteiger partial charge in [-0.2, -0.15) is 4.98 Å². The lowest BCUT2D eigenvalue weighted by Gasteiger charge is -1.99. The van der Waals surface area contributed by atoms with Gasteiger partial charge in [0, 0.05) is 30.8 Å². The van der Waals surface area contributed by atoms with Crippen LogP contribution >= 0.6 is 11.3 Å². The summed E-state index contributed by atoms with van der Waals surface area (Å²) < 4.78 is 11.4. The van der Waals surface area contributed by atoms with Crippen molar-refractivity contribution in [1.82, 2.24) is 20.1 Å². The second kappa shape index (κ2) is 7.50. The van der Waals surface area contributed by atoms with E-state index >= 15 is 0 Å². The second-order valence-electron chi connectivity index (χ2n) is 5.62. The maximum Gasteiger partial charge on any atom is 0.227 e. The largest absolute Gasteiger partial charge is 0.494 e. The maximum atomic E-state index is 12.2. The minimum absolute atomic E-state index is 0.170. The summed E-state index contributed by atoms with van der Waals surface area (Å²) in [4.78, 5) is 24.9. The van der Waals surface area contributed by atoms with Crippen LogP contribution in [0.1, 0.15) is 12.3 Å². The lowest BCUT2D eigenvalue weighted by Crippen LogP contribution is -2.12. The van der Waals surface area contributed by atoms with Gasteiger partial charge in [0.25, 0.3) is 0 Å². The number of thiazole rings is 1. The predicted molar refractivity (Wildman–Crippen MR) is 101 cm³/mol. The van der Waals surface area contributed by atoms with E-state index in [9.17, 15) is 4.79 Å². The highest BCUT2D eigenvalue weighted by Gasteiger charge is 2.13. The molecule has 0 fully saturated rings. The SMILES string of the molecule is COc1cccc2sc(NC(=O)CCc3nc(-c4ccncc4)no3)nc12. The number of methoxy groups -OCH3 is 1. The van der Waals surface area contributed by atoms with Crippen molar-refractivity contribution >= 4 is 32.6 Å². The Labute approximate surface area is 158 Å². The molecule has 27 heavy (non-hydrogen) atoms.